The number of hydrogen-bond acceptors (Lipinski definition) is 4. The van der Waals surface area contributed by atoms with Crippen LogP contribution in [0.3, 0.4) is 0 Å². The molecule has 0 spiro atoms. The van der Waals surface area contributed by atoms with Gasteiger partial charge in [0, 0.05) is 19.7 Å². The summed E-state index contributed by atoms with van der Waals surface area (Å²) in [5.41, 5.74) is 1.17. The van der Waals surface area contributed by atoms with E-state index in [0.29, 0.717) is 25.7 Å². The number of ether oxygens (including phenoxy) is 1. The van der Waals surface area contributed by atoms with Gasteiger partial charge in [-0.05, 0) is 49.4 Å². The third-order valence-electron chi connectivity index (χ3n) is 5.42. The molecule has 0 bridgehead atoms. The minimum absolute atomic E-state index is 0.0158. The van der Waals surface area contributed by atoms with Crippen LogP contribution in [-0.4, -0.2) is 52.5 Å². The predicted molar refractivity (Wildman–Crippen MR) is 127 cm³/mol. The summed E-state index contributed by atoms with van der Waals surface area (Å²) in [6, 6.07) is 14.5. The summed E-state index contributed by atoms with van der Waals surface area (Å²) in [5, 5.41) is 8.99. The Morgan fingerprint density at radius 2 is 2.00 bits per heavy atom. The minimum Gasteiger partial charge on any atom is -0.377 e. The lowest BCUT2D eigenvalue weighted by molar-refractivity contribution is 0.0200. The molecule has 2 unspecified atom stereocenters. The van der Waals surface area contributed by atoms with Gasteiger partial charge in [-0.25, -0.2) is 13.1 Å². The molecule has 1 heterocycles. The zero-order chi connectivity index (χ0) is 22.1. The lowest BCUT2D eigenvalue weighted by Gasteiger charge is -2.22. The molecule has 3 N–H and O–H groups in total. The first-order valence-electron chi connectivity index (χ1n) is 11.1. The topological polar surface area (TPSA) is 91.8 Å². The highest BCUT2D eigenvalue weighted by atomic mass is 32.2. The number of aliphatic imine (C=N–C) groups is 1. The minimum atomic E-state index is -3.39. The summed E-state index contributed by atoms with van der Waals surface area (Å²) in [4.78, 5) is 4.48. The van der Waals surface area contributed by atoms with Crippen molar-refractivity contribution >= 4 is 26.8 Å². The second-order valence-electron chi connectivity index (χ2n) is 7.85. The van der Waals surface area contributed by atoms with Crippen molar-refractivity contribution in [2.45, 2.75) is 45.3 Å². The smallest absolute Gasteiger partial charge is 0.213 e. The van der Waals surface area contributed by atoms with Gasteiger partial charge in [-0.2, -0.15) is 0 Å². The molecule has 31 heavy (non-hydrogen) atoms. The Kier molecular flexibility index (Phi) is 8.69. The summed E-state index contributed by atoms with van der Waals surface area (Å²) in [5.74, 6) is 0.549. The highest BCUT2D eigenvalue weighted by molar-refractivity contribution is 7.89. The second kappa shape index (κ2) is 11.5. The SMILES string of the molecule is CCNC(=NCCS(=O)(=O)NCC1CCCCO1)NC(C)c1cccc2ccccc12. The molecule has 0 radical (unpaired) electrons. The van der Waals surface area contributed by atoms with Crippen molar-refractivity contribution in [3.63, 3.8) is 0 Å². The zero-order valence-corrected chi connectivity index (χ0v) is 19.2. The highest BCUT2D eigenvalue weighted by Crippen LogP contribution is 2.23. The quantitative estimate of drug-likeness (QED) is 0.407. The normalized spacial score (nSPS) is 18.6. The average Bonchev–Trinajstić information content (AvgIpc) is 2.78. The second-order valence-corrected chi connectivity index (χ2v) is 9.78. The molecule has 2 atom stereocenters. The van der Waals surface area contributed by atoms with Crippen LogP contribution in [0, 0.1) is 0 Å². The van der Waals surface area contributed by atoms with Crippen LogP contribution in [0.25, 0.3) is 10.8 Å². The van der Waals surface area contributed by atoms with E-state index < -0.39 is 10.0 Å². The van der Waals surface area contributed by atoms with Gasteiger partial charge in [0.15, 0.2) is 5.96 Å². The van der Waals surface area contributed by atoms with E-state index in [2.05, 4.69) is 51.5 Å². The summed E-state index contributed by atoms with van der Waals surface area (Å²) in [6.45, 7) is 5.99. The fourth-order valence-corrected chi connectivity index (χ4v) is 4.68. The third kappa shape index (κ3) is 7.19. The van der Waals surface area contributed by atoms with E-state index in [4.69, 9.17) is 4.74 Å². The van der Waals surface area contributed by atoms with Gasteiger partial charge >= 0.3 is 0 Å². The summed E-state index contributed by atoms with van der Waals surface area (Å²) in [6.07, 6.45) is 3.02. The molecule has 1 aliphatic heterocycles. The molecular weight excluding hydrogens is 412 g/mol. The van der Waals surface area contributed by atoms with Crippen molar-refractivity contribution in [1.29, 1.82) is 0 Å². The first-order chi connectivity index (χ1) is 15.0. The lowest BCUT2D eigenvalue weighted by atomic mass is 10.00. The van der Waals surface area contributed by atoms with Gasteiger partial charge < -0.3 is 15.4 Å². The van der Waals surface area contributed by atoms with Gasteiger partial charge in [0.25, 0.3) is 0 Å². The lowest BCUT2D eigenvalue weighted by Crippen LogP contribution is -2.40. The molecule has 2 aromatic carbocycles. The van der Waals surface area contributed by atoms with Crippen molar-refractivity contribution in [3.05, 3.63) is 48.0 Å². The van der Waals surface area contributed by atoms with E-state index in [1.807, 2.05) is 25.1 Å². The van der Waals surface area contributed by atoms with Crippen molar-refractivity contribution < 1.29 is 13.2 Å². The van der Waals surface area contributed by atoms with Gasteiger partial charge in [-0.15, -0.1) is 0 Å². The number of guanidine groups is 1. The van der Waals surface area contributed by atoms with Crippen molar-refractivity contribution in [2.75, 3.05) is 32.0 Å². The number of fused-ring (bicyclic) bond motifs is 1. The van der Waals surface area contributed by atoms with Crippen LogP contribution < -0.4 is 15.4 Å². The van der Waals surface area contributed by atoms with Crippen molar-refractivity contribution in [3.8, 4) is 0 Å². The van der Waals surface area contributed by atoms with Crippen molar-refractivity contribution in [1.82, 2.24) is 15.4 Å². The number of hydrogen-bond donors (Lipinski definition) is 3. The number of nitrogens with zero attached hydrogens (tertiary/aromatic N) is 1. The molecule has 1 saturated heterocycles. The van der Waals surface area contributed by atoms with Crippen LogP contribution in [0.5, 0.6) is 0 Å². The van der Waals surface area contributed by atoms with E-state index in [-0.39, 0.29) is 24.4 Å². The van der Waals surface area contributed by atoms with E-state index in [1.165, 1.54) is 16.3 Å². The van der Waals surface area contributed by atoms with Crippen LogP contribution in [-0.2, 0) is 14.8 Å². The maximum Gasteiger partial charge on any atom is 0.213 e. The molecule has 0 amide bonds. The Hall–Kier alpha value is -2.16. The molecule has 0 saturated carbocycles. The average molecular weight is 447 g/mol. The van der Waals surface area contributed by atoms with Crippen LogP contribution in [0.2, 0.25) is 0 Å². The van der Waals surface area contributed by atoms with Gasteiger partial charge in [0.05, 0.1) is 24.4 Å². The Balaban J connectivity index is 1.57. The Morgan fingerprint density at radius 3 is 2.77 bits per heavy atom. The van der Waals surface area contributed by atoms with Crippen LogP contribution in [0.15, 0.2) is 47.5 Å². The third-order valence-corrected chi connectivity index (χ3v) is 6.75. The maximum atomic E-state index is 12.3. The number of sulfonamides is 1. The van der Waals surface area contributed by atoms with Gasteiger partial charge in [-0.1, -0.05) is 42.5 Å². The van der Waals surface area contributed by atoms with Crippen LogP contribution in [0.1, 0.15) is 44.7 Å². The number of rotatable bonds is 9. The highest BCUT2D eigenvalue weighted by Gasteiger charge is 2.18. The first kappa shape index (κ1) is 23.5. The first-order valence-corrected chi connectivity index (χ1v) is 12.7. The standard InChI is InChI=1S/C23H34N4O3S/c1-3-24-23(25-14-16-31(28,29)26-17-20-11-6-7-15-30-20)27-18(2)21-13-8-10-19-9-4-5-12-22(19)21/h4-5,8-10,12-13,18,20,26H,3,6-7,11,14-17H2,1-2H3,(H2,24,25,27). The molecule has 3 rings (SSSR count). The van der Waals surface area contributed by atoms with Gasteiger partial charge in [0.2, 0.25) is 10.0 Å². The largest absolute Gasteiger partial charge is 0.377 e. The molecule has 0 aliphatic carbocycles. The summed E-state index contributed by atoms with van der Waals surface area (Å²) >= 11 is 0. The molecule has 1 fully saturated rings. The summed E-state index contributed by atoms with van der Waals surface area (Å²) in [7, 11) is -3.39. The van der Waals surface area contributed by atoms with Crippen LogP contribution >= 0.6 is 0 Å². The Morgan fingerprint density at radius 1 is 1.19 bits per heavy atom. The molecule has 170 valence electrons. The monoisotopic (exact) mass is 446 g/mol. The fourth-order valence-electron chi connectivity index (χ4n) is 3.77. The molecule has 8 heteroatoms. The van der Waals surface area contributed by atoms with Gasteiger partial charge in [-0.3, -0.25) is 4.99 Å². The van der Waals surface area contributed by atoms with Crippen LogP contribution in [0.4, 0.5) is 0 Å². The molecule has 0 aromatic heterocycles. The Labute approximate surface area is 185 Å². The Bertz CT molecular complexity index is 966. The van der Waals surface area contributed by atoms with E-state index >= 15 is 0 Å². The maximum absolute atomic E-state index is 12.3. The van der Waals surface area contributed by atoms with E-state index in [0.717, 1.165) is 19.3 Å². The van der Waals surface area contributed by atoms with Crippen molar-refractivity contribution in [2.24, 2.45) is 4.99 Å². The predicted octanol–water partition coefficient (Wildman–Crippen LogP) is 2.94. The summed E-state index contributed by atoms with van der Waals surface area (Å²) < 4.78 is 32.9. The fraction of sp³-hybridized carbons (Fsp3) is 0.522. The van der Waals surface area contributed by atoms with E-state index in [9.17, 15) is 8.42 Å². The zero-order valence-electron chi connectivity index (χ0n) is 18.4. The number of nitrogens with one attached hydrogen (secondary N) is 3. The molecule has 7 nitrogen and oxygen atoms in total. The molecular formula is C23H34N4O3S. The van der Waals surface area contributed by atoms with Gasteiger partial charge in [0.1, 0.15) is 0 Å². The molecule has 2 aromatic rings. The van der Waals surface area contributed by atoms with E-state index in [1.54, 1.807) is 0 Å². The number of benzene rings is 2. The molecule has 1 aliphatic rings.